The van der Waals surface area contributed by atoms with E-state index in [1.54, 1.807) is 0 Å². The van der Waals surface area contributed by atoms with Crippen LogP contribution in [0.25, 0.3) is 0 Å². The summed E-state index contributed by atoms with van der Waals surface area (Å²) in [7, 11) is -1.66. The number of nitrogens with zero attached hydrogens (tertiary/aromatic N) is 2. The van der Waals surface area contributed by atoms with Crippen molar-refractivity contribution in [3.63, 3.8) is 0 Å². The number of carbonyl (C=O) groups is 1. The van der Waals surface area contributed by atoms with E-state index < -0.39 is 21.8 Å². The zero-order valence-electron chi connectivity index (χ0n) is 11.3. The standard InChI is InChI=1S/C11H15ClN4O4S/c1-20-10-5-8(12)14-11(16-10)15-9(17)4-7-6-21(18,19)3-2-13-7/h5,7,13H,2-4,6H2,1H3,(H,14,15,16,17). The van der Waals surface area contributed by atoms with Gasteiger partial charge < -0.3 is 10.1 Å². The molecule has 2 N–H and O–H groups in total. The number of ether oxygens (including phenoxy) is 1. The first-order valence-electron chi connectivity index (χ1n) is 6.20. The molecule has 1 aromatic heterocycles. The molecule has 116 valence electrons. The molecule has 2 heterocycles. The number of rotatable bonds is 4. The highest BCUT2D eigenvalue weighted by atomic mass is 35.5. The molecule has 1 saturated heterocycles. The van der Waals surface area contributed by atoms with Crippen molar-refractivity contribution in [2.75, 3.05) is 30.5 Å². The van der Waals surface area contributed by atoms with Gasteiger partial charge in [-0.25, -0.2) is 13.4 Å². The molecular weight excluding hydrogens is 320 g/mol. The lowest BCUT2D eigenvalue weighted by Crippen LogP contribution is -2.46. The van der Waals surface area contributed by atoms with E-state index in [0.717, 1.165) is 0 Å². The van der Waals surface area contributed by atoms with Crippen LogP contribution >= 0.6 is 11.6 Å². The molecule has 10 heteroatoms. The Morgan fingerprint density at radius 1 is 1.57 bits per heavy atom. The number of amides is 1. The molecule has 0 aliphatic carbocycles. The highest BCUT2D eigenvalue weighted by Gasteiger charge is 2.26. The van der Waals surface area contributed by atoms with Crippen LogP contribution in [0.2, 0.25) is 5.15 Å². The third kappa shape index (κ3) is 4.80. The van der Waals surface area contributed by atoms with Gasteiger partial charge in [0.1, 0.15) is 5.15 Å². The van der Waals surface area contributed by atoms with Gasteiger partial charge in [-0.15, -0.1) is 0 Å². The summed E-state index contributed by atoms with van der Waals surface area (Å²) < 4.78 is 27.9. The van der Waals surface area contributed by atoms with Gasteiger partial charge in [-0.2, -0.15) is 4.98 Å². The molecule has 1 unspecified atom stereocenters. The van der Waals surface area contributed by atoms with Gasteiger partial charge in [0.2, 0.25) is 17.7 Å². The second kappa shape index (κ2) is 6.54. The Kier molecular flexibility index (Phi) is 4.96. The zero-order chi connectivity index (χ0) is 15.5. The number of anilines is 1. The van der Waals surface area contributed by atoms with Gasteiger partial charge in [-0.1, -0.05) is 11.6 Å². The number of sulfone groups is 1. The van der Waals surface area contributed by atoms with Gasteiger partial charge in [0, 0.05) is 25.1 Å². The Bertz CT molecular complexity index is 637. The van der Waals surface area contributed by atoms with Gasteiger partial charge in [-0.3, -0.25) is 10.1 Å². The number of hydrogen-bond acceptors (Lipinski definition) is 7. The minimum absolute atomic E-state index is 0.0113. The minimum atomic E-state index is -3.08. The Hall–Kier alpha value is -1.45. The van der Waals surface area contributed by atoms with Crippen LogP contribution in [0.15, 0.2) is 6.07 Å². The summed E-state index contributed by atoms with van der Waals surface area (Å²) in [5.74, 6) is -0.111. The normalized spacial score (nSPS) is 20.8. The molecule has 0 saturated carbocycles. The molecule has 0 bridgehead atoms. The predicted octanol–water partition coefficient (Wildman–Crippen LogP) is -0.146. The van der Waals surface area contributed by atoms with Crippen molar-refractivity contribution in [2.45, 2.75) is 12.5 Å². The van der Waals surface area contributed by atoms with Crippen LogP contribution in [-0.2, 0) is 14.6 Å². The van der Waals surface area contributed by atoms with Gasteiger partial charge in [-0.05, 0) is 0 Å². The van der Waals surface area contributed by atoms with Crippen molar-refractivity contribution in [3.8, 4) is 5.88 Å². The van der Waals surface area contributed by atoms with Gasteiger partial charge in [0.15, 0.2) is 9.84 Å². The molecule has 1 aromatic rings. The first kappa shape index (κ1) is 15.9. The van der Waals surface area contributed by atoms with E-state index in [9.17, 15) is 13.2 Å². The molecule has 1 atom stereocenters. The van der Waals surface area contributed by atoms with E-state index in [4.69, 9.17) is 16.3 Å². The van der Waals surface area contributed by atoms with Crippen LogP contribution in [-0.4, -0.2) is 55.5 Å². The molecule has 0 spiro atoms. The smallest absolute Gasteiger partial charge is 0.234 e. The van der Waals surface area contributed by atoms with E-state index in [1.165, 1.54) is 13.2 Å². The lowest BCUT2D eigenvalue weighted by Gasteiger charge is -2.22. The SMILES string of the molecule is COc1cc(Cl)nc(NC(=O)CC2CS(=O)(=O)CCN2)n1. The molecule has 1 aliphatic heterocycles. The largest absolute Gasteiger partial charge is 0.481 e. The molecule has 0 aromatic carbocycles. The fourth-order valence-electron chi connectivity index (χ4n) is 1.96. The van der Waals surface area contributed by atoms with Crippen LogP contribution in [0.5, 0.6) is 5.88 Å². The molecule has 1 fully saturated rings. The topological polar surface area (TPSA) is 110 Å². The van der Waals surface area contributed by atoms with Gasteiger partial charge >= 0.3 is 0 Å². The number of aromatic nitrogens is 2. The third-order valence-electron chi connectivity index (χ3n) is 2.86. The monoisotopic (exact) mass is 334 g/mol. The second-order valence-electron chi connectivity index (χ2n) is 4.57. The summed E-state index contributed by atoms with van der Waals surface area (Å²) in [4.78, 5) is 19.7. The Balaban J connectivity index is 1.97. The lowest BCUT2D eigenvalue weighted by atomic mass is 10.2. The summed E-state index contributed by atoms with van der Waals surface area (Å²) in [6.45, 7) is 0.349. The number of nitrogens with one attached hydrogen (secondary N) is 2. The van der Waals surface area contributed by atoms with Crippen molar-refractivity contribution < 1.29 is 17.9 Å². The first-order valence-corrected chi connectivity index (χ1v) is 8.40. The van der Waals surface area contributed by atoms with Crippen molar-refractivity contribution in [1.82, 2.24) is 15.3 Å². The van der Waals surface area contributed by atoms with Crippen LogP contribution in [0, 0.1) is 0 Å². The van der Waals surface area contributed by atoms with Crippen LogP contribution in [0.3, 0.4) is 0 Å². The van der Waals surface area contributed by atoms with Crippen LogP contribution < -0.4 is 15.4 Å². The molecule has 0 radical (unpaired) electrons. The van der Waals surface area contributed by atoms with Crippen LogP contribution in [0.4, 0.5) is 5.95 Å². The molecule has 1 aliphatic rings. The van der Waals surface area contributed by atoms with Crippen molar-refractivity contribution >= 4 is 33.3 Å². The number of halogens is 1. The summed E-state index contributed by atoms with van der Waals surface area (Å²) in [6.07, 6.45) is 0.0113. The van der Waals surface area contributed by atoms with Crippen molar-refractivity contribution in [2.24, 2.45) is 0 Å². The summed E-state index contributed by atoms with van der Waals surface area (Å²) in [5, 5.41) is 5.60. The molecular formula is C11H15ClN4O4S. The second-order valence-corrected chi connectivity index (χ2v) is 7.19. The molecule has 1 amide bonds. The number of carbonyl (C=O) groups excluding carboxylic acids is 1. The minimum Gasteiger partial charge on any atom is -0.481 e. The molecule has 21 heavy (non-hydrogen) atoms. The fourth-order valence-corrected chi connectivity index (χ4v) is 3.57. The maximum absolute atomic E-state index is 11.9. The third-order valence-corrected chi connectivity index (χ3v) is 4.79. The van der Waals surface area contributed by atoms with Crippen LogP contribution in [0.1, 0.15) is 6.42 Å². The average Bonchev–Trinajstić information content (AvgIpc) is 2.36. The van der Waals surface area contributed by atoms with Gasteiger partial charge in [0.05, 0.1) is 18.6 Å². The Labute approximate surface area is 127 Å². The van der Waals surface area contributed by atoms with Crippen molar-refractivity contribution in [1.29, 1.82) is 0 Å². The summed E-state index contributed by atoms with van der Waals surface area (Å²) in [5.41, 5.74) is 0. The Morgan fingerprint density at radius 2 is 2.33 bits per heavy atom. The highest BCUT2D eigenvalue weighted by Crippen LogP contribution is 2.16. The molecule has 8 nitrogen and oxygen atoms in total. The number of hydrogen-bond donors (Lipinski definition) is 2. The summed E-state index contributed by atoms with van der Waals surface area (Å²) >= 11 is 5.77. The predicted molar refractivity (Wildman–Crippen MR) is 77.3 cm³/mol. The lowest BCUT2D eigenvalue weighted by molar-refractivity contribution is -0.116. The van der Waals surface area contributed by atoms with Crippen molar-refractivity contribution in [3.05, 3.63) is 11.2 Å². The van der Waals surface area contributed by atoms with Gasteiger partial charge in [0.25, 0.3) is 0 Å². The maximum atomic E-state index is 11.9. The van der Waals surface area contributed by atoms with E-state index >= 15 is 0 Å². The highest BCUT2D eigenvalue weighted by molar-refractivity contribution is 7.91. The first-order chi connectivity index (χ1) is 9.88. The van der Waals surface area contributed by atoms with E-state index in [1.807, 2.05) is 0 Å². The molecule has 2 rings (SSSR count). The Morgan fingerprint density at radius 3 is 3.00 bits per heavy atom. The zero-order valence-corrected chi connectivity index (χ0v) is 12.9. The average molecular weight is 335 g/mol. The fraction of sp³-hybridized carbons (Fsp3) is 0.545. The van der Waals surface area contributed by atoms with E-state index in [-0.39, 0.29) is 34.9 Å². The maximum Gasteiger partial charge on any atom is 0.234 e. The quantitative estimate of drug-likeness (QED) is 0.737. The number of methoxy groups -OCH3 is 1. The van der Waals surface area contributed by atoms with E-state index in [0.29, 0.717) is 6.54 Å². The van der Waals surface area contributed by atoms with E-state index in [2.05, 4.69) is 20.6 Å². The summed E-state index contributed by atoms with van der Waals surface area (Å²) in [6, 6.07) is 0.997.